The van der Waals surface area contributed by atoms with Crippen LogP contribution in [0.2, 0.25) is 0 Å². The van der Waals surface area contributed by atoms with Gasteiger partial charge in [-0.3, -0.25) is 14.5 Å². The SMILES string of the molecule is CCN(CC)C(=O)CN(C)CC(=O)C(C)(C)C. The molecule has 0 aromatic heterocycles. The summed E-state index contributed by atoms with van der Waals surface area (Å²) in [6.07, 6.45) is 0. The fourth-order valence-electron chi connectivity index (χ4n) is 1.45. The molecule has 17 heavy (non-hydrogen) atoms. The minimum Gasteiger partial charge on any atom is -0.342 e. The molecule has 0 aromatic carbocycles. The van der Waals surface area contributed by atoms with Gasteiger partial charge in [0.05, 0.1) is 13.1 Å². The Morgan fingerprint density at radius 1 is 1.00 bits per heavy atom. The van der Waals surface area contributed by atoms with Gasteiger partial charge in [0, 0.05) is 18.5 Å². The summed E-state index contributed by atoms with van der Waals surface area (Å²) in [7, 11) is 1.81. The molecule has 0 radical (unpaired) electrons. The van der Waals surface area contributed by atoms with E-state index in [0.717, 1.165) is 13.1 Å². The number of hydrogen-bond acceptors (Lipinski definition) is 3. The number of carbonyl (C=O) groups excluding carboxylic acids is 2. The molecule has 0 aromatic rings. The molecule has 0 aliphatic heterocycles. The molecule has 1 amide bonds. The van der Waals surface area contributed by atoms with Crippen LogP contribution in [0.4, 0.5) is 0 Å². The van der Waals surface area contributed by atoms with Crippen molar-refractivity contribution >= 4 is 11.7 Å². The van der Waals surface area contributed by atoms with Crippen molar-refractivity contribution in [2.45, 2.75) is 34.6 Å². The Kier molecular flexibility index (Phi) is 6.39. The number of hydrogen-bond donors (Lipinski definition) is 0. The van der Waals surface area contributed by atoms with Gasteiger partial charge in [-0.1, -0.05) is 20.8 Å². The lowest BCUT2D eigenvalue weighted by Gasteiger charge is -2.25. The van der Waals surface area contributed by atoms with E-state index in [-0.39, 0.29) is 17.1 Å². The maximum Gasteiger partial charge on any atom is 0.236 e. The van der Waals surface area contributed by atoms with Crippen LogP contribution in [0.5, 0.6) is 0 Å². The van der Waals surface area contributed by atoms with E-state index in [1.165, 1.54) is 0 Å². The first-order chi connectivity index (χ1) is 7.72. The summed E-state index contributed by atoms with van der Waals surface area (Å²) in [5, 5.41) is 0. The second-order valence-electron chi connectivity index (χ2n) is 5.41. The molecule has 0 heterocycles. The zero-order chi connectivity index (χ0) is 13.6. The minimum atomic E-state index is -0.341. The summed E-state index contributed by atoms with van der Waals surface area (Å²) in [4.78, 5) is 27.2. The van der Waals surface area contributed by atoms with E-state index in [1.54, 1.807) is 9.80 Å². The van der Waals surface area contributed by atoms with Crippen molar-refractivity contribution in [3.05, 3.63) is 0 Å². The number of likely N-dealkylation sites (N-methyl/N-ethyl adjacent to an activating group) is 2. The highest BCUT2D eigenvalue weighted by Crippen LogP contribution is 2.14. The molecule has 0 bridgehead atoms. The van der Waals surface area contributed by atoms with Gasteiger partial charge in [0.2, 0.25) is 5.91 Å². The van der Waals surface area contributed by atoms with Crippen LogP contribution < -0.4 is 0 Å². The van der Waals surface area contributed by atoms with E-state index < -0.39 is 0 Å². The number of ketones is 1. The van der Waals surface area contributed by atoms with Crippen molar-refractivity contribution in [2.24, 2.45) is 5.41 Å². The predicted molar refractivity (Wildman–Crippen MR) is 69.9 cm³/mol. The fraction of sp³-hybridized carbons (Fsp3) is 0.846. The molecule has 0 atom stereocenters. The average Bonchev–Trinajstić information content (AvgIpc) is 2.17. The van der Waals surface area contributed by atoms with E-state index in [1.807, 2.05) is 41.7 Å². The number of amides is 1. The van der Waals surface area contributed by atoms with Crippen molar-refractivity contribution in [1.29, 1.82) is 0 Å². The van der Waals surface area contributed by atoms with Gasteiger partial charge in [-0.2, -0.15) is 0 Å². The molecular formula is C13H26N2O2. The molecular weight excluding hydrogens is 216 g/mol. The Labute approximate surface area is 105 Å². The second kappa shape index (κ2) is 6.74. The highest BCUT2D eigenvalue weighted by molar-refractivity contribution is 5.86. The van der Waals surface area contributed by atoms with Crippen molar-refractivity contribution in [3.8, 4) is 0 Å². The summed E-state index contributed by atoms with van der Waals surface area (Å²) in [6, 6.07) is 0. The Morgan fingerprint density at radius 2 is 1.47 bits per heavy atom. The topological polar surface area (TPSA) is 40.6 Å². The average molecular weight is 242 g/mol. The molecule has 0 spiro atoms. The number of Topliss-reactive ketones (excluding diaryl/α,β-unsaturated/α-hetero) is 1. The van der Waals surface area contributed by atoms with Crippen LogP contribution in [-0.4, -0.2) is 54.7 Å². The van der Waals surface area contributed by atoms with E-state index in [9.17, 15) is 9.59 Å². The molecule has 0 aliphatic rings. The molecule has 0 saturated carbocycles. The zero-order valence-corrected chi connectivity index (χ0v) is 12.0. The van der Waals surface area contributed by atoms with Gasteiger partial charge in [-0.05, 0) is 20.9 Å². The first-order valence-corrected chi connectivity index (χ1v) is 6.22. The summed E-state index contributed by atoms with van der Waals surface area (Å²) >= 11 is 0. The van der Waals surface area contributed by atoms with Crippen molar-refractivity contribution < 1.29 is 9.59 Å². The Balaban J connectivity index is 4.23. The Bertz CT molecular complexity index is 265. The van der Waals surface area contributed by atoms with Crippen LogP contribution in [0, 0.1) is 5.41 Å². The maximum absolute atomic E-state index is 11.8. The van der Waals surface area contributed by atoms with Crippen LogP contribution in [0.1, 0.15) is 34.6 Å². The number of nitrogens with zero attached hydrogens (tertiary/aromatic N) is 2. The van der Waals surface area contributed by atoms with Gasteiger partial charge < -0.3 is 4.90 Å². The second-order valence-corrected chi connectivity index (χ2v) is 5.41. The largest absolute Gasteiger partial charge is 0.342 e. The number of carbonyl (C=O) groups is 2. The molecule has 0 fully saturated rings. The Hall–Kier alpha value is -0.900. The van der Waals surface area contributed by atoms with Gasteiger partial charge in [-0.15, -0.1) is 0 Å². The van der Waals surface area contributed by atoms with E-state index in [4.69, 9.17) is 0 Å². The van der Waals surface area contributed by atoms with Gasteiger partial charge in [-0.25, -0.2) is 0 Å². The lowest BCUT2D eigenvalue weighted by atomic mass is 9.90. The van der Waals surface area contributed by atoms with Crippen LogP contribution in [0.3, 0.4) is 0 Å². The summed E-state index contributed by atoms with van der Waals surface area (Å²) in [6.45, 7) is 11.7. The molecule has 4 nitrogen and oxygen atoms in total. The third kappa shape index (κ3) is 5.82. The van der Waals surface area contributed by atoms with Crippen molar-refractivity contribution in [3.63, 3.8) is 0 Å². The molecule has 0 saturated heterocycles. The highest BCUT2D eigenvalue weighted by Gasteiger charge is 2.23. The standard InChI is InChI=1S/C13H26N2O2/c1-7-15(8-2)12(17)10-14(6)9-11(16)13(3,4)5/h7-10H2,1-6H3. The van der Waals surface area contributed by atoms with E-state index >= 15 is 0 Å². The molecule has 100 valence electrons. The first-order valence-electron chi connectivity index (χ1n) is 6.22. The molecule has 0 rings (SSSR count). The summed E-state index contributed by atoms with van der Waals surface area (Å²) in [5.41, 5.74) is -0.341. The molecule has 0 unspecified atom stereocenters. The maximum atomic E-state index is 11.8. The van der Waals surface area contributed by atoms with Crippen molar-refractivity contribution in [2.75, 3.05) is 33.2 Å². The molecule has 4 heteroatoms. The van der Waals surface area contributed by atoms with Crippen LogP contribution in [-0.2, 0) is 9.59 Å². The van der Waals surface area contributed by atoms with Crippen LogP contribution >= 0.6 is 0 Å². The normalized spacial score (nSPS) is 11.7. The fourth-order valence-corrected chi connectivity index (χ4v) is 1.45. The van der Waals surface area contributed by atoms with Crippen LogP contribution in [0.25, 0.3) is 0 Å². The van der Waals surface area contributed by atoms with Crippen molar-refractivity contribution in [1.82, 2.24) is 9.80 Å². The Morgan fingerprint density at radius 3 is 1.82 bits per heavy atom. The quantitative estimate of drug-likeness (QED) is 0.707. The summed E-state index contributed by atoms with van der Waals surface area (Å²) in [5.74, 6) is 0.242. The van der Waals surface area contributed by atoms with Gasteiger partial charge in [0.15, 0.2) is 5.78 Å². The third-order valence-corrected chi connectivity index (χ3v) is 2.77. The monoisotopic (exact) mass is 242 g/mol. The molecule has 0 aliphatic carbocycles. The van der Waals surface area contributed by atoms with Crippen LogP contribution in [0.15, 0.2) is 0 Å². The molecule has 0 N–H and O–H groups in total. The lowest BCUT2D eigenvalue weighted by molar-refractivity contribution is -0.133. The predicted octanol–water partition coefficient (Wildman–Crippen LogP) is 1.40. The highest BCUT2D eigenvalue weighted by atomic mass is 16.2. The first kappa shape index (κ1) is 16.1. The smallest absolute Gasteiger partial charge is 0.236 e. The third-order valence-electron chi connectivity index (χ3n) is 2.77. The minimum absolute atomic E-state index is 0.0826. The zero-order valence-electron chi connectivity index (χ0n) is 12.0. The van der Waals surface area contributed by atoms with E-state index in [0.29, 0.717) is 13.1 Å². The van der Waals surface area contributed by atoms with Gasteiger partial charge in [0.1, 0.15) is 0 Å². The van der Waals surface area contributed by atoms with E-state index in [2.05, 4.69) is 0 Å². The number of rotatable bonds is 6. The lowest BCUT2D eigenvalue weighted by Crippen LogP contribution is -2.42. The summed E-state index contributed by atoms with van der Waals surface area (Å²) < 4.78 is 0. The van der Waals surface area contributed by atoms with Gasteiger partial charge in [0.25, 0.3) is 0 Å². The van der Waals surface area contributed by atoms with Gasteiger partial charge >= 0.3 is 0 Å².